The third-order valence-electron chi connectivity index (χ3n) is 3.72. The van der Waals surface area contributed by atoms with Crippen molar-refractivity contribution in [2.75, 3.05) is 6.54 Å². The summed E-state index contributed by atoms with van der Waals surface area (Å²) < 4.78 is 0. The number of nitrogens with one attached hydrogen (secondary N) is 2. The van der Waals surface area contributed by atoms with Gasteiger partial charge >= 0.3 is 0 Å². The number of fused-ring (bicyclic) bond motifs is 1. The van der Waals surface area contributed by atoms with Crippen LogP contribution in [0, 0.1) is 5.92 Å². The van der Waals surface area contributed by atoms with Crippen LogP contribution < -0.4 is 16.6 Å². The number of hydrogen-bond donors (Lipinski definition) is 3. The minimum absolute atomic E-state index is 0.00668. The molecule has 1 unspecified atom stereocenters. The van der Waals surface area contributed by atoms with Gasteiger partial charge in [-0.1, -0.05) is 18.2 Å². The molecule has 0 radical (unpaired) electrons. The second-order valence-corrected chi connectivity index (χ2v) is 5.30. The van der Waals surface area contributed by atoms with Crippen LogP contribution in [0.3, 0.4) is 0 Å². The van der Waals surface area contributed by atoms with Gasteiger partial charge in [-0.25, -0.2) is 0 Å². The van der Waals surface area contributed by atoms with Crippen molar-refractivity contribution in [3.05, 3.63) is 46.2 Å². The van der Waals surface area contributed by atoms with Gasteiger partial charge in [-0.3, -0.25) is 9.59 Å². The summed E-state index contributed by atoms with van der Waals surface area (Å²) in [5.41, 5.74) is 6.75. The summed E-state index contributed by atoms with van der Waals surface area (Å²) in [4.78, 5) is 26.6. The van der Waals surface area contributed by atoms with Gasteiger partial charge in [0.15, 0.2) is 0 Å². The van der Waals surface area contributed by atoms with E-state index in [2.05, 4.69) is 10.3 Å². The van der Waals surface area contributed by atoms with E-state index in [1.54, 1.807) is 6.07 Å². The fraction of sp³-hybridized carbons (Fsp3) is 0.333. The maximum Gasteiger partial charge on any atom is 0.252 e. The zero-order valence-electron chi connectivity index (χ0n) is 11.1. The molecule has 0 spiro atoms. The van der Waals surface area contributed by atoms with Gasteiger partial charge in [-0.15, -0.1) is 0 Å². The van der Waals surface area contributed by atoms with Gasteiger partial charge in [0, 0.05) is 29.6 Å². The van der Waals surface area contributed by atoms with E-state index in [4.69, 9.17) is 5.73 Å². The van der Waals surface area contributed by atoms with Crippen LogP contribution in [0.5, 0.6) is 0 Å². The second kappa shape index (κ2) is 5.09. The zero-order chi connectivity index (χ0) is 14.1. The number of benzene rings is 1. The Balaban J connectivity index is 1.84. The first-order valence-electron chi connectivity index (χ1n) is 6.81. The average molecular weight is 271 g/mol. The molecule has 4 N–H and O–H groups in total. The molecule has 0 aliphatic heterocycles. The highest BCUT2D eigenvalue weighted by Gasteiger charge is 2.28. The first kappa shape index (κ1) is 12.9. The second-order valence-electron chi connectivity index (χ2n) is 5.30. The van der Waals surface area contributed by atoms with Crippen LogP contribution in [-0.4, -0.2) is 23.5 Å². The molecule has 1 aliphatic carbocycles. The van der Waals surface area contributed by atoms with Crippen LogP contribution in [-0.2, 0) is 0 Å². The molecular formula is C15H17N3O2. The number of H-pyrrole nitrogens is 1. The highest BCUT2D eigenvalue weighted by atomic mass is 16.2. The molecular weight excluding hydrogens is 254 g/mol. The molecule has 5 heteroatoms. The predicted octanol–water partition coefficient (Wildman–Crippen LogP) is 0.995. The standard InChI is InChI=1S/C15H17N3O2/c16-12(9-5-6-9)8-17-15(20)11-7-14(19)18-13-4-2-1-3-10(11)13/h1-4,7,9,12H,5-6,8,16H2,(H,17,20)(H,18,19). The van der Waals surface area contributed by atoms with Gasteiger partial charge in [0.2, 0.25) is 5.56 Å². The molecule has 20 heavy (non-hydrogen) atoms. The first-order valence-corrected chi connectivity index (χ1v) is 6.81. The Kier molecular flexibility index (Phi) is 3.28. The molecule has 1 atom stereocenters. The number of carbonyl (C=O) groups is 1. The summed E-state index contributed by atoms with van der Waals surface area (Å²) >= 11 is 0. The lowest BCUT2D eigenvalue weighted by molar-refractivity contribution is 0.0952. The maximum absolute atomic E-state index is 12.2. The first-order chi connectivity index (χ1) is 9.65. The van der Waals surface area contributed by atoms with Crippen molar-refractivity contribution in [1.82, 2.24) is 10.3 Å². The van der Waals surface area contributed by atoms with Gasteiger partial charge in [0.05, 0.1) is 5.56 Å². The van der Waals surface area contributed by atoms with E-state index in [0.29, 0.717) is 23.5 Å². The fourth-order valence-corrected chi connectivity index (χ4v) is 2.39. The van der Waals surface area contributed by atoms with Crippen molar-refractivity contribution < 1.29 is 4.79 Å². The third-order valence-corrected chi connectivity index (χ3v) is 3.72. The molecule has 0 saturated heterocycles. The summed E-state index contributed by atoms with van der Waals surface area (Å²) in [6.07, 6.45) is 2.29. The van der Waals surface area contributed by atoms with Crippen LogP contribution in [0.15, 0.2) is 35.1 Å². The number of nitrogens with two attached hydrogens (primary N) is 1. The van der Waals surface area contributed by atoms with E-state index >= 15 is 0 Å². The predicted molar refractivity (Wildman–Crippen MR) is 77.6 cm³/mol. The van der Waals surface area contributed by atoms with Crippen LogP contribution in [0.1, 0.15) is 23.2 Å². The van der Waals surface area contributed by atoms with Crippen LogP contribution in [0.4, 0.5) is 0 Å². The summed E-state index contributed by atoms with van der Waals surface area (Å²) in [6.45, 7) is 0.449. The lowest BCUT2D eigenvalue weighted by Crippen LogP contribution is -2.38. The molecule has 3 rings (SSSR count). The maximum atomic E-state index is 12.2. The van der Waals surface area contributed by atoms with Crippen molar-refractivity contribution in [2.24, 2.45) is 11.7 Å². The molecule has 104 valence electrons. The van der Waals surface area contributed by atoms with E-state index in [9.17, 15) is 9.59 Å². The van der Waals surface area contributed by atoms with Gasteiger partial charge in [-0.2, -0.15) is 0 Å². The number of pyridine rings is 1. The SMILES string of the molecule is NC(CNC(=O)c1cc(=O)[nH]c2ccccc12)C1CC1. The third kappa shape index (κ3) is 2.58. The summed E-state index contributed by atoms with van der Waals surface area (Å²) in [5.74, 6) is 0.287. The van der Waals surface area contributed by atoms with Crippen LogP contribution in [0.2, 0.25) is 0 Å². The van der Waals surface area contributed by atoms with E-state index in [-0.39, 0.29) is 17.5 Å². The number of carbonyl (C=O) groups excluding carboxylic acids is 1. The molecule has 5 nitrogen and oxygen atoms in total. The lowest BCUT2D eigenvalue weighted by Gasteiger charge is -2.12. The van der Waals surface area contributed by atoms with Crippen molar-refractivity contribution in [1.29, 1.82) is 0 Å². The number of rotatable bonds is 4. The molecule has 1 amide bonds. The Labute approximate surface area is 116 Å². The number of aromatic amines is 1. The molecule has 1 fully saturated rings. The van der Waals surface area contributed by atoms with E-state index in [1.165, 1.54) is 6.07 Å². The summed E-state index contributed by atoms with van der Waals surface area (Å²) in [6, 6.07) is 8.60. The highest BCUT2D eigenvalue weighted by molar-refractivity contribution is 6.05. The van der Waals surface area contributed by atoms with Crippen molar-refractivity contribution in [3.8, 4) is 0 Å². The minimum atomic E-state index is -0.277. The highest BCUT2D eigenvalue weighted by Crippen LogP contribution is 2.31. The van der Waals surface area contributed by atoms with Gasteiger partial charge in [0.25, 0.3) is 5.91 Å². The Morgan fingerprint density at radius 1 is 1.40 bits per heavy atom. The van der Waals surface area contributed by atoms with E-state index in [0.717, 1.165) is 18.2 Å². The van der Waals surface area contributed by atoms with Gasteiger partial charge < -0.3 is 16.0 Å². The van der Waals surface area contributed by atoms with Crippen LogP contribution >= 0.6 is 0 Å². The smallest absolute Gasteiger partial charge is 0.252 e. The Hall–Kier alpha value is -2.14. The largest absolute Gasteiger partial charge is 0.350 e. The van der Waals surface area contributed by atoms with Crippen molar-refractivity contribution >= 4 is 16.8 Å². The minimum Gasteiger partial charge on any atom is -0.350 e. The number of aromatic nitrogens is 1. The monoisotopic (exact) mass is 271 g/mol. The molecule has 1 saturated carbocycles. The quantitative estimate of drug-likeness (QED) is 0.775. The normalized spacial score (nSPS) is 16.1. The number of para-hydroxylation sites is 1. The topological polar surface area (TPSA) is 88.0 Å². The number of amides is 1. The Morgan fingerprint density at radius 2 is 2.15 bits per heavy atom. The summed E-state index contributed by atoms with van der Waals surface area (Å²) in [5, 5.41) is 3.56. The van der Waals surface area contributed by atoms with E-state index in [1.807, 2.05) is 18.2 Å². The molecule has 1 heterocycles. The van der Waals surface area contributed by atoms with E-state index < -0.39 is 0 Å². The lowest BCUT2D eigenvalue weighted by atomic mass is 10.1. The summed E-state index contributed by atoms with van der Waals surface area (Å²) in [7, 11) is 0. The molecule has 2 aromatic rings. The fourth-order valence-electron chi connectivity index (χ4n) is 2.39. The molecule has 1 aromatic carbocycles. The van der Waals surface area contributed by atoms with Crippen LogP contribution in [0.25, 0.3) is 10.9 Å². The zero-order valence-corrected chi connectivity index (χ0v) is 11.1. The van der Waals surface area contributed by atoms with Gasteiger partial charge in [-0.05, 0) is 24.8 Å². The van der Waals surface area contributed by atoms with Crippen molar-refractivity contribution in [2.45, 2.75) is 18.9 Å². The number of hydrogen-bond acceptors (Lipinski definition) is 3. The molecule has 1 aromatic heterocycles. The molecule has 1 aliphatic rings. The molecule has 0 bridgehead atoms. The average Bonchev–Trinajstić information content (AvgIpc) is 3.28. The Bertz CT molecular complexity index is 704. The Morgan fingerprint density at radius 3 is 2.90 bits per heavy atom. The van der Waals surface area contributed by atoms with Crippen molar-refractivity contribution in [3.63, 3.8) is 0 Å². The van der Waals surface area contributed by atoms with Gasteiger partial charge in [0.1, 0.15) is 0 Å².